The molecule has 5 heteroatoms. The van der Waals surface area contributed by atoms with Crippen LogP contribution in [0.4, 0.5) is 0 Å². The lowest BCUT2D eigenvalue weighted by Gasteiger charge is -2.00. The Morgan fingerprint density at radius 3 is 2.67 bits per heavy atom. The van der Waals surface area contributed by atoms with Gasteiger partial charge in [0.2, 0.25) is 0 Å². The SMILES string of the molecule is Cn1cnnc1SCc1ccc(I)cc1. The lowest BCUT2D eigenvalue weighted by atomic mass is 10.2. The van der Waals surface area contributed by atoms with E-state index in [1.54, 1.807) is 18.1 Å². The van der Waals surface area contributed by atoms with Crippen LogP contribution in [0.5, 0.6) is 0 Å². The monoisotopic (exact) mass is 331 g/mol. The highest BCUT2D eigenvalue weighted by Gasteiger charge is 2.01. The summed E-state index contributed by atoms with van der Waals surface area (Å²) in [5.41, 5.74) is 1.31. The van der Waals surface area contributed by atoms with E-state index in [1.165, 1.54) is 9.13 Å². The van der Waals surface area contributed by atoms with E-state index in [2.05, 4.69) is 57.1 Å². The molecule has 0 aliphatic rings. The zero-order valence-corrected chi connectivity index (χ0v) is 11.2. The summed E-state index contributed by atoms with van der Waals surface area (Å²) in [5, 5.41) is 8.81. The molecule has 0 radical (unpaired) electrons. The molecule has 0 amide bonds. The first kappa shape index (κ1) is 10.9. The van der Waals surface area contributed by atoms with Crippen LogP contribution in [0.2, 0.25) is 0 Å². The smallest absolute Gasteiger partial charge is 0.191 e. The maximum Gasteiger partial charge on any atom is 0.191 e. The third-order valence-corrected chi connectivity index (χ3v) is 3.78. The maximum atomic E-state index is 4.02. The molecule has 1 heterocycles. The standard InChI is InChI=1S/C10H10IN3S/c1-14-7-12-13-10(14)15-6-8-2-4-9(11)5-3-8/h2-5,7H,6H2,1H3. The number of thioether (sulfide) groups is 1. The molecule has 0 fully saturated rings. The van der Waals surface area contributed by atoms with Crippen LogP contribution in [0.1, 0.15) is 5.56 Å². The molecule has 0 spiro atoms. The summed E-state index contributed by atoms with van der Waals surface area (Å²) < 4.78 is 3.19. The highest BCUT2D eigenvalue weighted by molar-refractivity contribution is 14.1. The fourth-order valence-electron chi connectivity index (χ4n) is 1.13. The van der Waals surface area contributed by atoms with E-state index < -0.39 is 0 Å². The van der Waals surface area contributed by atoms with E-state index >= 15 is 0 Å². The largest absolute Gasteiger partial charge is 0.312 e. The molecule has 2 rings (SSSR count). The maximum absolute atomic E-state index is 4.02. The fraction of sp³-hybridized carbons (Fsp3) is 0.200. The minimum Gasteiger partial charge on any atom is -0.312 e. The molecule has 2 aromatic rings. The second kappa shape index (κ2) is 4.98. The van der Waals surface area contributed by atoms with Gasteiger partial charge in [-0.2, -0.15) is 0 Å². The normalized spacial score (nSPS) is 10.5. The van der Waals surface area contributed by atoms with Crippen LogP contribution in [-0.4, -0.2) is 14.8 Å². The topological polar surface area (TPSA) is 30.7 Å². The Bertz CT molecular complexity index is 438. The van der Waals surface area contributed by atoms with Gasteiger partial charge in [-0.05, 0) is 40.3 Å². The molecule has 0 unspecified atom stereocenters. The van der Waals surface area contributed by atoms with Gasteiger partial charge >= 0.3 is 0 Å². The number of hydrogen-bond acceptors (Lipinski definition) is 3. The van der Waals surface area contributed by atoms with Gasteiger partial charge in [0.25, 0.3) is 0 Å². The average molecular weight is 331 g/mol. The van der Waals surface area contributed by atoms with Gasteiger partial charge in [-0.25, -0.2) is 0 Å². The molecule has 1 aromatic carbocycles. The Hall–Kier alpha value is -0.560. The minimum absolute atomic E-state index is 0.934. The molecule has 0 aliphatic heterocycles. The molecular weight excluding hydrogens is 321 g/mol. The van der Waals surface area contributed by atoms with E-state index in [1.807, 2.05) is 11.6 Å². The summed E-state index contributed by atoms with van der Waals surface area (Å²) in [6, 6.07) is 8.52. The van der Waals surface area contributed by atoms with E-state index in [4.69, 9.17) is 0 Å². The molecule has 0 N–H and O–H groups in total. The predicted octanol–water partition coefficient (Wildman–Crippen LogP) is 2.71. The summed E-state index contributed by atoms with van der Waals surface area (Å²) >= 11 is 4.01. The van der Waals surface area contributed by atoms with Crippen LogP contribution >= 0.6 is 34.4 Å². The zero-order valence-electron chi connectivity index (χ0n) is 8.22. The van der Waals surface area contributed by atoms with Crippen LogP contribution in [0.15, 0.2) is 35.7 Å². The van der Waals surface area contributed by atoms with Gasteiger partial charge in [0.1, 0.15) is 6.33 Å². The number of benzene rings is 1. The number of aromatic nitrogens is 3. The number of nitrogens with zero attached hydrogens (tertiary/aromatic N) is 3. The molecule has 78 valence electrons. The molecule has 0 bridgehead atoms. The first-order valence-corrected chi connectivity index (χ1v) is 6.53. The minimum atomic E-state index is 0.934. The fourth-order valence-corrected chi connectivity index (χ4v) is 2.34. The van der Waals surface area contributed by atoms with Crippen LogP contribution < -0.4 is 0 Å². The van der Waals surface area contributed by atoms with E-state index in [9.17, 15) is 0 Å². The van der Waals surface area contributed by atoms with Crippen molar-refractivity contribution in [3.63, 3.8) is 0 Å². The number of hydrogen-bond donors (Lipinski definition) is 0. The lowest BCUT2D eigenvalue weighted by Crippen LogP contribution is -1.89. The third-order valence-electron chi connectivity index (χ3n) is 1.95. The summed E-state index contributed by atoms with van der Waals surface area (Å²) in [6.45, 7) is 0. The molecule has 1 aromatic heterocycles. The Morgan fingerprint density at radius 1 is 1.33 bits per heavy atom. The quantitative estimate of drug-likeness (QED) is 0.640. The van der Waals surface area contributed by atoms with Crippen molar-refractivity contribution >= 4 is 34.4 Å². The summed E-state index contributed by atoms with van der Waals surface area (Å²) in [4.78, 5) is 0. The van der Waals surface area contributed by atoms with Crippen molar-refractivity contribution < 1.29 is 0 Å². The highest BCUT2D eigenvalue weighted by atomic mass is 127. The molecule has 0 saturated heterocycles. The number of aryl methyl sites for hydroxylation is 1. The molecule has 0 saturated carbocycles. The summed E-state index contributed by atoms with van der Waals surface area (Å²) in [6.07, 6.45) is 1.72. The van der Waals surface area contributed by atoms with Gasteiger partial charge in [0, 0.05) is 16.4 Å². The number of rotatable bonds is 3. The first-order chi connectivity index (χ1) is 7.25. The van der Waals surface area contributed by atoms with E-state index in [0.29, 0.717) is 0 Å². The van der Waals surface area contributed by atoms with Crippen molar-refractivity contribution in [3.05, 3.63) is 39.7 Å². The van der Waals surface area contributed by atoms with E-state index in [-0.39, 0.29) is 0 Å². The molecule has 3 nitrogen and oxygen atoms in total. The molecule has 0 atom stereocenters. The summed E-state index contributed by atoms with van der Waals surface area (Å²) in [7, 11) is 1.95. The van der Waals surface area contributed by atoms with E-state index in [0.717, 1.165) is 10.9 Å². The van der Waals surface area contributed by atoms with Gasteiger partial charge in [-0.1, -0.05) is 23.9 Å². The van der Waals surface area contributed by atoms with Crippen molar-refractivity contribution in [1.82, 2.24) is 14.8 Å². The Morgan fingerprint density at radius 2 is 2.07 bits per heavy atom. The highest BCUT2D eigenvalue weighted by Crippen LogP contribution is 2.20. The van der Waals surface area contributed by atoms with Gasteiger partial charge in [-0.15, -0.1) is 10.2 Å². The van der Waals surface area contributed by atoms with Crippen molar-refractivity contribution in [2.45, 2.75) is 10.9 Å². The van der Waals surface area contributed by atoms with Crippen LogP contribution in [0.3, 0.4) is 0 Å². The molecule has 15 heavy (non-hydrogen) atoms. The van der Waals surface area contributed by atoms with Gasteiger partial charge in [-0.3, -0.25) is 0 Å². The average Bonchev–Trinajstić information content (AvgIpc) is 2.63. The lowest BCUT2D eigenvalue weighted by molar-refractivity contribution is 0.788. The zero-order chi connectivity index (χ0) is 10.7. The molecule has 0 aliphatic carbocycles. The first-order valence-electron chi connectivity index (χ1n) is 4.47. The second-order valence-corrected chi connectivity index (χ2v) is 5.33. The number of halogens is 1. The predicted molar refractivity (Wildman–Crippen MR) is 69.7 cm³/mol. The third kappa shape index (κ3) is 2.94. The van der Waals surface area contributed by atoms with Crippen LogP contribution in [0.25, 0.3) is 0 Å². The Labute approximate surface area is 106 Å². The van der Waals surface area contributed by atoms with Crippen molar-refractivity contribution in [1.29, 1.82) is 0 Å². The summed E-state index contributed by atoms with van der Waals surface area (Å²) in [5.74, 6) is 0.934. The van der Waals surface area contributed by atoms with Crippen LogP contribution in [0, 0.1) is 3.57 Å². The van der Waals surface area contributed by atoms with Crippen molar-refractivity contribution in [3.8, 4) is 0 Å². The van der Waals surface area contributed by atoms with Crippen molar-refractivity contribution in [2.24, 2.45) is 7.05 Å². The second-order valence-electron chi connectivity index (χ2n) is 3.14. The van der Waals surface area contributed by atoms with Crippen LogP contribution in [-0.2, 0) is 12.8 Å². The van der Waals surface area contributed by atoms with Gasteiger partial charge in [0.05, 0.1) is 0 Å². The molecular formula is C10H10IN3S. The van der Waals surface area contributed by atoms with Crippen molar-refractivity contribution in [2.75, 3.05) is 0 Å². The van der Waals surface area contributed by atoms with Gasteiger partial charge in [0.15, 0.2) is 5.16 Å². The Kier molecular flexibility index (Phi) is 3.63. The Balaban J connectivity index is 1.99. The van der Waals surface area contributed by atoms with Gasteiger partial charge < -0.3 is 4.57 Å².